The van der Waals surface area contributed by atoms with Gasteiger partial charge in [-0.15, -0.1) is 11.3 Å². The summed E-state index contributed by atoms with van der Waals surface area (Å²) in [5.74, 6) is 0. The minimum absolute atomic E-state index is 0.0531. The number of aromatic nitrogens is 2. The molecule has 0 radical (unpaired) electrons. The van der Waals surface area contributed by atoms with Gasteiger partial charge in [0.15, 0.2) is 0 Å². The van der Waals surface area contributed by atoms with E-state index in [1.54, 1.807) is 13.2 Å². The van der Waals surface area contributed by atoms with Gasteiger partial charge in [-0.1, -0.05) is 12.1 Å². The van der Waals surface area contributed by atoms with E-state index in [9.17, 15) is 18.0 Å². The Morgan fingerprint density at radius 1 is 1.37 bits per heavy atom. The molecule has 5 nitrogen and oxygen atoms in total. The molecular formula is C21H22F3N3O2S. The Morgan fingerprint density at radius 2 is 2.20 bits per heavy atom. The summed E-state index contributed by atoms with van der Waals surface area (Å²) in [4.78, 5) is 19.4. The molecule has 0 saturated heterocycles. The topological polar surface area (TPSA) is 56.1 Å². The number of benzene rings is 1. The quantitative estimate of drug-likeness (QED) is 0.599. The van der Waals surface area contributed by atoms with E-state index in [2.05, 4.69) is 10.3 Å². The first-order chi connectivity index (χ1) is 14.4. The van der Waals surface area contributed by atoms with E-state index >= 15 is 0 Å². The third kappa shape index (κ3) is 4.28. The Kier molecular flexibility index (Phi) is 5.95. The monoisotopic (exact) mass is 437 g/mol. The highest BCUT2D eigenvalue weighted by atomic mass is 32.1. The van der Waals surface area contributed by atoms with Crippen LogP contribution in [0.2, 0.25) is 0 Å². The van der Waals surface area contributed by atoms with Gasteiger partial charge in [0.25, 0.3) is 5.56 Å². The Bertz CT molecular complexity index is 1110. The molecule has 30 heavy (non-hydrogen) atoms. The number of aryl methyl sites for hydroxylation is 1. The number of nitrogens with zero attached hydrogens (tertiary/aromatic N) is 2. The number of hydrogen-bond acceptors (Lipinski definition) is 5. The van der Waals surface area contributed by atoms with Crippen LogP contribution in [0.15, 0.2) is 35.4 Å². The molecule has 0 aliphatic heterocycles. The maximum Gasteiger partial charge on any atom is 0.416 e. The summed E-state index contributed by atoms with van der Waals surface area (Å²) in [5.41, 5.74) is 0.540. The molecule has 160 valence electrons. The van der Waals surface area contributed by atoms with E-state index in [1.165, 1.54) is 28.3 Å². The molecule has 0 amide bonds. The molecule has 3 aromatic rings. The molecule has 0 fully saturated rings. The zero-order valence-corrected chi connectivity index (χ0v) is 17.3. The molecule has 0 spiro atoms. The van der Waals surface area contributed by atoms with Crippen LogP contribution in [0, 0.1) is 0 Å². The van der Waals surface area contributed by atoms with Crippen LogP contribution in [0.25, 0.3) is 10.2 Å². The molecular weight excluding hydrogens is 415 g/mol. The van der Waals surface area contributed by atoms with Gasteiger partial charge in [0, 0.05) is 24.6 Å². The molecule has 1 unspecified atom stereocenters. The number of hydrogen-bond donors (Lipinski definition) is 1. The SMILES string of the molecule is COCCNC1CCc2c(sc3ncn(Cc4cccc(C(F)(F)F)c4)c(=O)c23)C1. The van der Waals surface area contributed by atoms with Gasteiger partial charge in [-0.2, -0.15) is 13.2 Å². The Labute approximate surface area is 175 Å². The van der Waals surface area contributed by atoms with Crippen LogP contribution in [0.5, 0.6) is 0 Å². The predicted molar refractivity (Wildman–Crippen MR) is 110 cm³/mol. The van der Waals surface area contributed by atoms with Gasteiger partial charge in [-0.3, -0.25) is 9.36 Å². The van der Waals surface area contributed by atoms with Crippen molar-refractivity contribution in [3.05, 3.63) is 62.5 Å². The van der Waals surface area contributed by atoms with Crippen molar-refractivity contribution in [3.63, 3.8) is 0 Å². The molecule has 1 atom stereocenters. The number of alkyl halides is 3. The second-order valence-corrected chi connectivity index (χ2v) is 8.53. The summed E-state index contributed by atoms with van der Waals surface area (Å²) >= 11 is 1.53. The summed E-state index contributed by atoms with van der Waals surface area (Å²) in [7, 11) is 1.67. The van der Waals surface area contributed by atoms with Crippen molar-refractivity contribution in [1.82, 2.24) is 14.9 Å². The van der Waals surface area contributed by atoms with Gasteiger partial charge in [0.1, 0.15) is 4.83 Å². The van der Waals surface area contributed by atoms with E-state index in [0.29, 0.717) is 28.4 Å². The van der Waals surface area contributed by atoms with Crippen LogP contribution in [0.3, 0.4) is 0 Å². The fourth-order valence-corrected chi connectivity index (χ4v) is 5.15. The van der Waals surface area contributed by atoms with Crippen molar-refractivity contribution < 1.29 is 17.9 Å². The largest absolute Gasteiger partial charge is 0.416 e. The van der Waals surface area contributed by atoms with Gasteiger partial charge in [0.2, 0.25) is 0 Å². The number of methoxy groups -OCH3 is 1. The van der Waals surface area contributed by atoms with Gasteiger partial charge in [-0.25, -0.2) is 4.98 Å². The highest BCUT2D eigenvalue weighted by molar-refractivity contribution is 7.18. The second kappa shape index (κ2) is 8.49. The van der Waals surface area contributed by atoms with E-state index in [1.807, 2.05) is 0 Å². The van der Waals surface area contributed by atoms with E-state index in [0.717, 1.165) is 48.4 Å². The normalized spacial score (nSPS) is 16.7. The van der Waals surface area contributed by atoms with Crippen LogP contribution in [0.4, 0.5) is 13.2 Å². The lowest BCUT2D eigenvalue weighted by Gasteiger charge is -2.23. The standard InChI is InChI=1S/C21H22F3N3O2S/c1-29-8-7-25-15-5-6-16-17(10-15)30-19-18(16)20(28)27(12-26-19)11-13-3-2-4-14(9-13)21(22,23)24/h2-4,9,12,15,25H,5-8,10-11H2,1H3. The number of halogens is 3. The Hall–Kier alpha value is -2.23. The first kappa shape index (κ1) is 21.0. The van der Waals surface area contributed by atoms with Crippen LogP contribution < -0.4 is 10.9 Å². The first-order valence-electron chi connectivity index (χ1n) is 9.75. The van der Waals surface area contributed by atoms with Crippen molar-refractivity contribution in [3.8, 4) is 0 Å². The van der Waals surface area contributed by atoms with E-state index < -0.39 is 11.7 Å². The highest BCUT2D eigenvalue weighted by Gasteiger charge is 2.30. The van der Waals surface area contributed by atoms with Crippen molar-refractivity contribution in [2.45, 2.75) is 38.0 Å². The number of ether oxygens (including phenoxy) is 1. The maximum absolute atomic E-state index is 13.1. The van der Waals surface area contributed by atoms with Crippen molar-refractivity contribution >= 4 is 21.6 Å². The molecule has 0 saturated carbocycles. The van der Waals surface area contributed by atoms with Crippen LogP contribution in [0.1, 0.15) is 28.0 Å². The summed E-state index contributed by atoms with van der Waals surface area (Å²) in [6.45, 7) is 1.48. The Morgan fingerprint density at radius 3 is 2.97 bits per heavy atom. The summed E-state index contributed by atoms with van der Waals surface area (Å²) in [5, 5.41) is 4.08. The summed E-state index contributed by atoms with van der Waals surface area (Å²) < 4.78 is 45.4. The second-order valence-electron chi connectivity index (χ2n) is 7.45. The third-order valence-corrected chi connectivity index (χ3v) is 6.54. The lowest BCUT2D eigenvalue weighted by atomic mass is 9.93. The first-order valence-corrected chi connectivity index (χ1v) is 10.6. The molecule has 0 bridgehead atoms. The Balaban J connectivity index is 1.61. The minimum Gasteiger partial charge on any atom is -0.383 e. The van der Waals surface area contributed by atoms with Crippen molar-refractivity contribution in [2.75, 3.05) is 20.3 Å². The van der Waals surface area contributed by atoms with Gasteiger partial charge >= 0.3 is 6.18 Å². The summed E-state index contributed by atoms with van der Waals surface area (Å²) in [6.07, 6.45) is -0.438. The van der Waals surface area contributed by atoms with E-state index in [4.69, 9.17) is 4.74 Å². The average molecular weight is 437 g/mol. The molecule has 2 aromatic heterocycles. The molecule has 1 aromatic carbocycles. The maximum atomic E-state index is 13.1. The van der Waals surface area contributed by atoms with Crippen LogP contribution >= 0.6 is 11.3 Å². The van der Waals surface area contributed by atoms with E-state index in [-0.39, 0.29) is 12.1 Å². The minimum atomic E-state index is -4.41. The third-order valence-electron chi connectivity index (χ3n) is 5.38. The zero-order valence-electron chi connectivity index (χ0n) is 16.5. The smallest absolute Gasteiger partial charge is 0.383 e. The van der Waals surface area contributed by atoms with Gasteiger partial charge in [0.05, 0.1) is 30.4 Å². The van der Waals surface area contributed by atoms with Crippen molar-refractivity contribution in [1.29, 1.82) is 0 Å². The average Bonchev–Trinajstić information content (AvgIpc) is 3.08. The van der Waals surface area contributed by atoms with Crippen LogP contribution in [-0.2, 0) is 30.3 Å². The van der Waals surface area contributed by atoms with Gasteiger partial charge in [-0.05, 0) is 42.5 Å². The zero-order chi connectivity index (χ0) is 21.3. The van der Waals surface area contributed by atoms with Crippen LogP contribution in [-0.4, -0.2) is 35.9 Å². The predicted octanol–water partition coefficient (Wildman–Crippen LogP) is 3.62. The molecule has 1 aliphatic rings. The lowest BCUT2D eigenvalue weighted by Crippen LogP contribution is -2.36. The molecule has 1 N–H and O–H groups in total. The van der Waals surface area contributed by atoms with Gasteiger partial charge < -0.3 is 10.1 Å². The fourth-order valence-electron chi connectivity index (χ4n) is 3.90. The van der Waals surface area contributed by atoms with Crippen molar-refractivity contribution in [2.24, 2.45) is 0 Å². The molecule has 4 rings (SSSR count). The highest BCUT2D eigenvalue weighted by Crippen LogP contribution is 2.34. The lowest BCUT2D eigenvalue weighted by molar-refractivity contribution is -0.137. The fraction of sp³-hybridized carbons (Fsp3) is 0.429. The molecule has 2 heterocycles. The number of rotatable bonds is 6. The molecule has 9 heteroatoms. The molecule has 1 aliphatic carbocycles. The number of fused-ring (bicyclic) bond motifs is 3. The number of thiophene rings is 1. The summed E-state index contributed by atoms with van der Waals surface area (Å²) in [6, 6.07) is 5.40. The number of nitrogens with one attached hydrogen (secondary N) is 1.